The summed E-state index contributed by atoms with van der Waals surface area (Å²) in [5, 5.41) is 3.77. The predicted molar refractivity (Wildman–Crippen MR) is 106 cm³/mol. The van der Waals surface area contributed by atoms with Crippen molar-refractivity contribution in [2.75, 3.05) is 0 Å². The number of ketones is 1. The van der Waals surface area contributed by atoms with Crippen molar-refractivity contribution in [2.24, 2.45) is 0 Å². The van der Waals surface area contributed by atoms with Gasteiger partial charge in [-0.3, -0.25) is 9.59 Å². The molecule has 0 fully saturated rings. The molecule has 0 radical (unpaired) electrons. The maximum absolute atomic E-state index is 13.1. The van der Waals surface area contributed by atoms with Crippen LogP contribution in [0.2, 0.25) is 5.15 Å². The molecule has 152 valence electrons. The van der Waals surface area contributed by atoms with Gasteiger partial charge in [0.05, 0.1) is 12.0 Å². The van der Waals surface area contributed by atoms with Gasteiger partial charge in [0.25, 0.3) is 0 Å². The predicted octanol–water partition coefficient (Wildman–Crippen LogP) is 4.93. The molecule has 0 unspecified atom stereocenters. The number of hydrogen-bond donors (Lipinski definition) is 0. The zero-order valence-corrected chi connectivity index (χ0v) is 16.5. The highest BCUT2D eigenvalue weighted by atomic mass is 35.5. The van der Waals surface area contributed by atoms with Gasteiger partial charge in [0.15, 0.2) is 10.9 Å². The molecule has 0 N–H and O–H groups in total. The Hall–Kier alpha value is -3.45. The first-order valence-electron chi connectivity index (χ1n) is 9.05. The number of Topliss-reactive ketones (excluding diaryl/α,β-unsaturated/α-hetero) is 1. The van der Waals surface area contributed by atoms with Crippen LogP contribution in [0.5, 0.6) is 11.5 Å². The molecule has 0 saturated carbocycles. The third kappa shape index (κ3) is 4.26. The Balaban J connectivity index is 1.48. The Morgan fingerprint density at radius 1 is 1.23 bits per heavy atom. The minimum atomic E-state index is -0.478. The molecule has 6 nitrogen and oxygen atoms in total. The molecule has 1 aromatic heterocycles. The zero-order valence-electron chi connectivity index (χ0n) is 15.8. The van der Waals surface area contributed by atoms with Gasteiger partial charge in [-0.1, -0.05) is 28.9 Å². The number of ether oxygens (including phenoxy) is 2. The number of aromatic nitrogens is 1. The molecule has 2 heterocycles. The van der Waals surface area contributed by atoms with Crippen molar-refractivity contribution in [1.82, 2.24) is 5.16 Å². The summed E-state index contributed by atoms with van der Waals surface area (Å²) in [7, 11) is 0. The molecule has 1 aliphatic heterocycles. The third-order valence-electron chi connectivity index (χ3n) is 4.45. The molecule has 8 heteroatoms. The summed E-state index contributed by atoms with van der Waals surface area (Å²) < 4.78 is 29.1. The van der Waals surface area contributed by atoms with Gasteiger partial charge >= 0.3 is 5.97 Å². The Bertz CT molecular complexity index is 1170. The molecule has 4 rings (SSSR count). The molecule has 30 heavy (non-hydrogen) atoms. The van der Waals surface area contributed by atoms with Gasteiger partial charge in [0, 0.05) is 18.6 Å². The third-order valence-corrected chi connectivity index (χ3v) is 4.63. The van der Waals surface area contributed by atoms with Gasteiger partial charge in [-0.05, 0) is 42.3 Å². The lowest BCUT2D eigenvalue weighted by Gasteiger charge is -2.07. The molecular weight excluding hydrogens is 413 g/mol. The molecule has 2 aromatic carbocycles. The molecular formula is C22H15ClFNO5. The number of nitrogens with zero attached hydrogens (tertiary/aromatic N) is 1. The summed E-state index contributed by atoms with van der Waals surface area (Å²) in [6.07, 6.45) is 1.90. The molecule has 0 aliphatic carbocycles. The number of fused-ring (bicyclic) bond motifs is 1. The Morgan fingerprint density at radius 3 is 2.70 bits per heavy atom. The number of carbonyl (C=O) groups excluding carboxylic acids is 2. The summed E-state index contributed by atoms with van der Waals surface area (Å²) in [6.45, 7) is 1.73. The van der Waals surface area contributed by atoms with Crippen molar-refractivity contribution in [2.45, 2.75) is 19.8 Å². The van der Waals surface area contributed by atoms with Gasteiger partial charge in [-0.2, -0.15) is 0 Å². The lowest BCUT2D eigenvalue weighted by Crippen LogP contribution is -2.09. The van der Waals surface area contributed by atoms with E-state index in [4.69, 9.17) is 25.6 Å². The van der Waals surface area contributed by atoms with Crippen LogP contribution in [0.3, 0.4) is 0 Å². The number of halogens is 2. The van der Waals surface area contributed by atoms with Crippen LogP contribution in [0.25, 0.3) is 6.08 Å². The second kappa shape index (κ2) is 8.12. The van der Waals surface area contributed by atoms with E-state index in [1.54, 1.807) is 25.1 Å². The minimum absolute atomic E-state index is 0.0666. The first-order valence-corrected chi connectivity index (χ1v) is 9.43. The SMILES string of the molecule is Cc1cc(OC(=O)CCc2cc(Cl)no2)cc2c1C(=O)/C(=C/c1ccc(F)cc1)O2. The highest BCUT2D eigenvalue weighted by Crippen LogP contribution is 2.37. The maximum atomic E-state index is 13.1. The van der Waals surface area contributed by atoms with Crippen LogP contribution in [-0.2, 0) is 11.2 Å². The van der Waals surface area contributed by atoms with E-state index >= 15 is 0 Å². The standard InChI is InChI=1S/C22H15ClFNO5/c1-12-8-16(28-20(26)7-6-15-11-19(23)25-30-15)10-17-21(12)22(27)18(29-17)9-13-2-4-14(24)5-3-13/h2-5,8-11H,6-7H2,1H3/b18-9-. The van der Waals surface area contributed by atoms with Crippen molar-refractivity contribution >= 4 is 29.4 Å². The topological polar surface area (TPSA) is 78.6 Å². The Labute approximate surface area is 175 Å². The lowest BCUT2D eigenvalue weighted by atomic mass is 10.0. The molecule has 1 aliphatic rings. The van der Waals surface area contributed by atoms with E-state index in [2.05, 4.69) is 5.16 Å². The smallest absolute Gasteiger partial charge is 0.311 e. The van der Waals surface area contributed by atoms with E-state index in [0.717, 1.165) is 0 Å². The van der Waals surface area contributed by atoms with Crippen LogP contribution in [0.1, 0.15) is 33.7 Å². The first kappa shape index (κ1) is 19.8. The molecule has 0 spiro atoms. The normalized spacial score (nSPS) is 14.0. The summed E-state index contributed by atoms with van der Waals surface area (Å²) in [5.41, 5.74) is 1.65. The van der Waals surface area contributed by atoms with Crippen molar-refractivity contribution in [3.05, 3.63) is 81.6 Å². The number of esters is 1. The molecule has 0 atom stereocenters. The van der Waals surface area contributed by atoms with E-state index in [1.165, 1.54) is 30.3 Å². The van der Waals surface area contributed by atoms with E-state index in [1.807, 2.05) is 0 Å². The van der Waals surface area contributed by atoms with Crippen LogP contribution >= 0.6 is 11.6 Å². The quantitative estimate of drug-likeness (QED) is 0.326. The van der Waals surface area contributed by atoms with Crippen LogP contribution in [0.4, 0.5) is 4.39 Å². The first-order chi connectivity index (χ1) is 14.4. The number of allylic oxidation sites excluding steroid dienone is 1. The summed E-state index contributed by atoms with van der Waals surface area (Å²) in [4.78, 5) is 24.8. The van der Waals surface area contributed by atoms with Crippen molar-refractivity contribution in [3.8, 4) is 11.5 Å². The fraction of sp³-hybridized carbons (Fsp3) is 0.136. The van der Waals surface area contributed by atoms with Crippen molar-refractivity contribution in [3.63, 3.8) is 0 Å². The Kier molecular flexibility index (Phi) is 5.37. The van der Waals surface area contributed by atoms with E-state index < -0.39 is 5.97 Å². The molecule has 0 bridgehead atoms. The minimum Gasteiger partial charge on any atom is -0.452 e. The van der Waals surface area contributed by atoms with Gasteiger partial charge in [-0.15, -0.1) is 0 Å². The van der Waals surface area contributed by atoms with Crippen LogP contribution < -0.4 is 9.47 Å². The second-order valence-corrected chi connectivity index (χ2v) is 7.08. The largest absolute Gasteiger partial charge is 0.452 e. The monoisotopic (exact) mass is 427 g/mol. The van der Waals surface area contributed by atoms with E-state index in [9.17, 15) is 14.0 Å². The van der Waals surface area contributed by atoms with Gasteiger partial charge < -0.3 is 14.0 Å². The van der Waals surface area contributed by atoms with E-state index in [-0.39, 0.29) is 34.7 Å². The van der Waals surface area contributed by atoms with Gasteiger partial charge in [-0.25, -0.2) is 4.39 Å². The molecule has 0 amide bonds. The maximum Gasteiger partial charge on any atom is 0.311 e. The summed E-state index contributed by atoms with van der Waals surface area (Å²) in [5.74, 6) is 0.0332. The number of benzene rings is 2. The highest BCUT2D eigenvalue weighted by molar-refractivity contribution is 6.29. The number of carbonyl (C=O) groups is 2. The summed E-state index contributed by atoms with van der Waals surface area (Å²) >= 11 is 5.67. The molecule has 3 aromatic rings. The van der Waals surface area contributed by atoms with Crippen LogP contribution in [0.15, 0.2) is 52.7 Å². The summed E-state index contributed by atoms with van der Waals surface area (Å²) in [6, 6.07) is 10.3. The molecule has 0 saturated heterocycles. The average Bonchev–Trinajstić information content (AvgIpc) is 3.25. The van der Waals surface area contributed by atoms with Gasteiger partial charge in [0.1, 0.15) is 23.1 Å². The Morgan fingerprint density at radius 2 is 2.00 bits per heavy atom. The fourth-order valence-electron chi connectivity index (χ4n) is 3.06. The number of hydrogen-bond acceptors (Lipinski definition) is 6. The average molecular weight is 428 g/mol. The van der Waals surface area contributed by atoms with Gasteiger partial charge in [0.2, 0.25) is 5.78 Å². The van der Waals surface area contributed by atoms with Crippen molar-refractivity contribution in [1.29, 1.82) is 0 Å². The number of rotatable bonds is 5. The number of aryl methyl sites for hydroxylation is 2. The van der Waals surface area contributed by atoms with E-state index in [0.29, 0.717) is 34.6 Å². The van der Waals surface area contributed by atoms with Crippen LogP contribution in [0, 0.1) is 12.7 Å². The zero-order chi connectivity index (χ0) is 21.3. The fourth-order valence-corrected chi connectivity index (χ4v) is 3.22. The lowest BCUT2D eigenvalue weighted by molar-refractivity contribution is -0.134. The van der Waals surface area contributed by atoms with Crippen molar-refractivity contribution < 1.29 is 28.0 Å². The second-order valence-electron chi connectivity index (χ2n) is 6.69. The van der Waals surface area contributed by atoms with Crippen LogP contribution in [-0.4, -0.2) is 16.9 Å². The highest BCUT2D eigenvalue weighted by Gasteiger charge is 2.30.